The number of ketones is 1. The van der Waals surface area contributed by atoms with Crippen LogP contribution in [-0.4, -0.2) is 27.7 Å². The van der Waals surface area contributed by atoms with Crippen molar-refractivity contribution in [1.82, 2.24) is 4.90 Å². The smallest absolute Gasteiger partial charge is 0.295 e. The second-order valence-electron chi connectivity index (χ2n) is 9.98. The molecule has 1 atom stereocenters. The Morgan fingerprint density at radius 1 is 1.03 bits per heavy atom. The minimum atomic E-state index is -0.618. The van der Waals surface area contributed by atoms with E-state index < -0.39 is 17.7 Å². The van der Waals surface area contributed by atoms with E-state index in [2.05, 4.69) is 20.8 Å². The first-order valence-corrected chi connectivity index (χ1v) is 11.6. The summed E-state index contributed by atoms with van der Waals surface area (Å²) < 4.78 is 0. The van der Waals surface area contributed by atoms with Gasteiger partial charge in [-0.2, -0.15) is 0 Å². The molecule has 2 aromatic carbocycles. The van der Waals surface area contributed by atoms with Crippen LogP contribution in [0.3, 0.4) is 0 Å². The highest BCUT2D eigenvalue weighted by Crippen LogP contribution is 2.44. The number of Topliss-reactive ketones (excluding diaryl/α,β-unsaturated/α-hetero) is 1. The van der Waals surface area contributed by atoms with Gasteiger partial charge in [-0.3, -0.25) is 9.59 Å². The van der Waals surface area contributed by atoms with E-state index in [9.17, 15) is 14.7 Å². The third-order valence-electron chi connectivity index (χ3n) is 6.74. The van der Waals surface area contributed by atoms with Gasteiger partial charge in [0.2, 0.25) is 0 Å². The number of aliphatic hydroxyl groups is 1. The zero-order valence-corrected chi connectivity index (χ0v) is 19.9. The molecule has 2 aromatic rings. The maximum absolute atomic E-state index is 13.3. The Kier molecular flexibility index (Phi) is 5.93. The number of carbonyl (C=O) groups excluding carboxylic acids is 2. The van der Waals surface area contributed by atoms with E-state index >= 15 is 0 Å². The summed E-state index contributed by atoms with van der Waals surface area (Å²) in [5, 5.41) is 12.1. The van der Waals surface area contributed by atoms with E-state index in [-0.39, 0.29) is 22.8 Å². The van der Waals surface area contributed by atoms with Gasteiger partial charge in [0.05, 0.1) is 11.6 Å². The molecule has 1 aliphatic heterocycles. The molecule has 32 heavy (non-hydrogen) atoms. The lowest BCUT2D eigenvalue weighted by molar-refractivity contribution is -0.141. The summed E-state index contributed by atoms with van der Waals surface area (Å²) in [5.74, 6) is -1.25. The maximum Gasteiger partial charge on any atom is 0.295 e. The molecule has 1 saturated carbocycles. The minimum Gasteiger partial charge on any atom is -0.507 e. The van der Waals surface area contributed by atoms with E-state index in [1.165, 1.54) is 0 Å². The molecule has 0 spiro atoms. The van der Waals surface area contributed by atoms with Gasteiger partial charge in [-0.15, -0.1) is 0 Å². The van der Waals surface area contributed by atoms with Crippen molar-refractivity contribution >= 4 is 29.1 Å². The molecule has 168 valence electrons. The van der Waals surface area contributed by atoms with Gasteiger partial charge < -0.3 is 10.0 Å². The van der Waals surface area contributed by atoms with E-state index in [0.29, 0.717) is 10.6 Å². The van der Waals surface area contributed by atoms with Gasteiger partial charge in [-0.1, -0.05) is 69.5 Å². The number of aliphatic hydroxyl groups excluding tert-OH is 1. The van der Waals surface area contributed by atoms with Crippen LogP contribution in [0.5, 0.6) is 0 Å². The molecule has 2 fully saturated rings. The van der Waals surface area contributed by atoms with Crippen LogP contribution in [0, 0.1) is 6.92 Å². The summed E-state index contributed by atoms with van der Waals surface area (Å²) in [6.07, 6.45) is 3.81. The highest BCUT2D eigenvalue weighted by molar-refractivity contribution is 6.46. The van der Waals surface area contributed by atoms with Crippen molar-refractivity contribution in [3.05, 3.63) is 75.3 Å². The second-order valence-corrected chi connectivity index (χ2v) is 10.4. The Morgan fingerprint density at radius 2 is 1.66 bits per heavy atom. The molecule has 1 N–H and O–H groups in total. The number of carbonyl (C=O) groups is 2. The van der Waals surface area contributed by atoms with Crippen molar-refractivity contribution < 1.29 is 14.7 Å². The van der Waals surface area contributed by atoms with Gasteiger partial charge in [0.25, 0.3) is 11.7 Å². The van der Waals surface area contributed by atoms with Gasteiger partial charge >= 0.3 is 0 Å². The van der Waals surface area contributed by atoms with Crippen LogP contribution in [0.25, 0.3) is 5.76 Å². The zero-order valence-electron chi connectivity index (χ0n) is 19.1. The zero-order chi connectivity index (χ0) is 23.2. The molecule has 1 heterocycles. The predicted octanol–water partition coefficient (Wildman–Crippen LogP) is 6.31. The standard InChI is InChI=1S/C27H30ClNO3/c1-16-9-12-18(27(2,3)4)15-21(16)24(30)22-23(17-10-13-19(28)14-11-17)29(26(32)25(22)31)20-7-5-6-8-20/h9-15,20,23,30H,5-8H2,1-4H3/b24-22+. The van der Waals surface area contributed by atoms with Gasteiger partial charge in [-0.05, 0) is 60.1 Å². The summed E-state index contributed by atoms with van der Waals surface area (Å²) in [4.78, 5) is 28.2. The highest BCUT2D eigenvalue weighted by atomic mass is 35.5. The normalized spacial score (nSPS) is 21.5. The SMILES string of the molecule is Cc1ccc(C(C)(C)C)cc1/C(O)=C1\C(=O)C(=O)N(C2CCCC2)C1c1ccc(Cl)cc1. The molecule has 4 rings (SSSR count). The molecule has 2 aliphatic rings. The van der Waals surface area contributed by atoms with Crippen LogP contribution in [0.15, 0.2) is 48.0 Å². The first kappa shape index (κ1) is 22.6. The number of aryl methyl sites for hydroxylation is 1. The van der Waals surface area contributed by atoms with Crippen LogP contribution in [0.1, 0.15) is 74.8 Å². The summed E-state index contributed by atoms with van der Waals surface area (Å²) in [6.45, 7) is 8.22. The number of nitrogens with zero attached hydrogens (tertiary/aromatic N) is 1. The molecule has 5 heteroatoms. The third-order valence-corrected chi connectivity index (χ3v) is 6.99. The molecular weight excluding hydrogens is 422 g/mol. The summed E-state index contributed by atoms with van der Waals surface area (Å²) in [5.41, 5.74) is 3.34. The lowest BCUT2D eigenvalue weighted by atomic mass is 9.84. The lowest BCUT2D eigenvalue weighted by Gasteiger charge is -2.31. The Bertz CT molecular complexity index is 1090. The fraction of sp³-hybridized carbons (Fsp3) is 0.407. The number of benzene rings is 2. The van der Waals surface area contributed by atoms with Crippen molar-refractivity contribution in [1.29, 1.82) is 0 Å². The Balaban J connectivity index is 1.92. The van der Waals surface area contributed by atoms with Crippen LogP contribution >= 0.6 is 11.6 Å². The first-order valence-electron chi connectivity index (χ1n) is 11.3. The van der Waals surface area contributed by atoms with Crippen LogP contribution in [0.4, 0.5) is 0 Å². The second kappa shape index (κ2) is 8.40. The van der Waals surface area contributed by atoms with Crippen molar-refractivity contribution in [3.63, 3.8) is 0 Å². The molecule has 0 bridgehead atoms. The summed E-state index contributed by atoms with van der Waals surface area (Å²) in [7, 11) is 0. The molecule has 0 aromatic heterocycles. The molecule has 4 nitrogen and oxygen atoms in total. The van der Waals surface area contributed by atoms with E-state index in [1.807, 2.05) is 37.3 Å². The molecular formula is C27H30ClNO3. The van der Waals surface area contributed by atoms with Crippen molar-refractivity contribution in [2.75, 3.05) is 0 Å². The fourth-order valence-corrected chi connectivity index (χ4v) is 5.00. The number of amides is 1. The average Bonchev–Trinajstić information content (AvgIpc) is 3.35. The molecule has 1 amide bonds. The molecule has 1 unspecified atom stereocenters. The lowest BCUT2D eigenvalue weighted by Crippen LogP contribution is -2.37. The Hall–Kier alpha value is -2.59. The van der Waals surface area contributed by atoms with Gasteiger partial charge in [0.1, 0.15) is 5.76 Å². The largest absolute Gasteiger partial charge is 0.507 e. The van der Waals surface area contributed by atoms with Crippen LogP contribution < -0.4 is 0 Å². The molecule has 0 radical (unpaired) electrons. The quantitative estimate of drug-likeness (QED) is 0.338. The fourth-order valence-electron chi connectivity index (χ4n) is 4.87. The van der Waals surface area contributed by atoms with Gasteiger partial charge in [-0.25, -0.2) is 0 Å². The van der Waals surface area contributed by atoms with Crippen molar-refractivity contribution in [3.8, 4) is 0 Å². The number of halogens is 1. The van der Waals surface area contributed by atoms with E-state index in [0.717, 1.165) is 42.4 Å². The van der Waals surface area contributed by atoms with Gasteiger partial charge in [0.15, 0.2) is 0 Å². The number of rotatable bonds is 3. The number of hydrogen-bond donors (Lipinski definition) is 1. The predicted molar refractivity (Wildman–Crippen MR) is 128 cm³/mol. The average molecular weight is 452 g/mol. The third kappa shape index (κ3) is 3.97. The monoisotopic (exact) mass is 451 g/mol. The minimum absolute atomic E-state index is 0.000524. The first-order chi connectivity index (χ1) is 15.1. The Labute approximate surface area is 194 Å². The summed E-state index contributed by atoms with van der Waals surface area (Å²) >= 11 is 6.11. The number of hydrogen-bond acceptors (Lipinski definition) is 3. The van der Waals surface area contributed by atoms with Crippen LogP contribution in [0.2, 0.25) is 5.02 Å². The van der Waals surface area contributed by atoms with Crippen LogP contribution in [-0.2, 0) is 15.0 Å². The maximum atomic E-state index is 13.3. The molecule has 1 saturated heterocycles. The topological polar surface area (TPSA) is 57.6 Å². The summed E-state index contributed by atoms with van der Waals surface area (Å²) in [6, 6.07) is 12.5. The van der Waals surface area contributed by atoms with Crippen molar-refractivity contribution in [2.24, 2.45) is 0 Å². The number of likely N-dealkylation sites (tertiary alicyclic amines) is 1. The highest BCUT2D eigenvalue weighted by Gasteiger charge is 2.49. The van der Waals surface area contributed by atoms with E-state index in [4.69, 9.17) is 11.6 Å². The van der Waals surface area contributed by atoms with Gasteiger partial charge in [0, 0.05) is 16.6 Å². The van der Waals surface area contributed by atoms with Crippen molar-refractivity contribution in [2.45, 2.75) is 70.9 Å². The Morgan fingerprint density at radius 3 is 2.25 bits per heavy atom. The molecule has 1 aliphatic carbocycles. The van der Waals surface area contributed by atoms with E-state index in [1.54, 1.807) is 17.0 Å².